The summed E-state index contributed by atoms with van der Waals surface area (Å²) < 4.78 is 0. The summed E-state index contributed by atoms with van der Waals surface area (Å²) in [5, 5.41) is 2.19. The standard InChI is InChI=1S/C24H42S/c1-3-5-6-7-8-9-10-11-12-13-14-15-16-17-18-19-20-23-21-22-25-24(23)4-2/h4,21-22H,2-3,5-20H2,1H3. The number of unbranched alkanes of at least 4 members (excludes halogenated alkanes) is 15. The second kappa shape index (κ2) is 16.9. The Hall–Kier alpha value is -0.560. The van der Waals surface area contributed by atoms with Crippen molar-refractivity contribution in [3.05, 3.63) is 28.5 Å². The van der Waals surface area contributed by atoms with Crippen molar-refractivity contribution in [1.82, 2.24) is 0 Å². The molecule has 0 radical (unpaired) electrons. The third kappa shape index (κ3) is 12.4. The molecule has 0 aliphatic heterocycles. The lowest BCUT2D eigenvalue weighted by atomic mass is 10.0. The summed E-state index contributed by atoms with van der Waals surface area (Å²) in [6, 6.07) is 2.27. The quantitative estimate of drug-likeness (QED) is 0.228. The van der Waals surface area contributed by atoms with E-state index in [1.165, 1.54) is 120 Å². The SMILES string of the molecule is C=Cc1sccc1CCCCCCCCCCCCCCCCCC. The Labute approximate surface area is 162 Å². The van der Waals surface area contributed by atoms with Crippen LogP contribution in [0, 0.1) is 0 Å². The van der Waals surface area contributed by atoms with Crippen molar-refractivity contribution in [2.75, 3.05) is 0 Å². The zero-order valence-electron chi connectivity index (χ0n) is 16.9. The minimum atomic E-state index is 1.24. The number of hydrogen-bond donors (Lipinski definition) is 0. The van der Waals surface area contributed by atoms with E-state index in [2.05, 4.69) is 24.9 Å². The normalized spacial score (nSPS) is 11.1. The second-order valence-electron chi connectivity index (χ2n) is 7.57. The van der Waals surface area contributed by atoms with Crippen LogP contribution in [0.5, 0.6) is 0 Å². The minimum absolute atomic E-state index is 1.24. The Morgan fingerprint density at radius 3 is 1.60 bits per heavy atom. The molecule has 25 heavy (non-hydrogen) atoms. The number of thiophene rings is 1. The van der Waals surface area contributed by atoms with Crippen LogP contribution in [0.2, 0.25) is 0 Å². The maximum absolute atomic E-state index is 3.90. The van der Waals surface area contributed by atoms with Gasteiger partial charge in [0.25, 0.3) is 0 Å². The maximum Gasteiger partial charge on any atom is 0.0296 e. The lowest BCUT2D eigenvalue weighted by molar-refractivity contribution is 0.529. The summed E-state index contributed by atoms with van der Waals surface area (Å²) in [6.07, 6.45) is 26.3. The molecule has 0 unspecified atom stereocenters. The van der Waals surface area contributed by atoms with Gasteiger partial charge in [-0.15, -0.1) is 11.3 Å². The van der Waals surface area contributed by atoms with Crippen LogP contribution in [0.25, 0.3) is 6.08 Å². The first kappa shape index (κ1) is 22.5. The van der Waals surface area contributed by atoms with Gasteiger partial charge < -0.3 is 0 Å². The average Bonchev–Trinajstić information content (AvgIpc) is 3.09. The topological polar surface area (TPSA) is 0 Å². The molecule has 1 aromatic heterocycles. The van der Waals surface area contributed by atoms with Crippen molar-refractivity contribution in [3.8, 4) is 0 Å². The molecule has 0 spiro atoms. The summed E-state index contributed by atoms with van der Waals surface area (Å²) in [5.41, 5.74) is 1.50. The van der Waals surface area contributed by atoms with Gasteiger partial charge in [-0.05, 0) is 29.9 Å². The van der Waals surface area contributed by atoms with Crippen LogP contribution in [0.15, 0.2) is 18.0 Å². The molecule has 0 aliphatic rings. The van der Waals surface area contributed by atoms with Crippen molar-refractivity contribution < 1.29 is 0 Å². The highest BCUT2D eigenvalue weighted by Gasteiger charge is 2.00. The predicted molar refractivity (Wildman–Crippen MR) is 118 cm³/mol. The highest BCUT2D eigenvalue weighted by molar-refractivity contribution is 7.11. The average molecular weight is 363 g/mol. The van der Waals surface area contributed by atoms with Crippen LogP contribution in [0.3, 0.4) is 0 Å². The van der Waals surface area contributed by atoms with E-state index >= 15 is 0 Å². The molecule has 0 amide bonds. The van der Waals surface area contributed by atoms with E-state index in [0.29, 0.717) is 0 Å². The summed E-state index contributed by atoms with van der Waals surface area (Å²) in [6.45, 7) is 6.19. The molecule has 0 bridgehead atoms. The summed E-state index contributed by atoms with van der Waals surface area (Å²) >= 11 is 1.82. The third-order valence-electron chi connectivity index (χ3n) is 5.27. The van der Waals surface area contributed by atoms with Crippen molar-refractivity contribution >= 4 is 17.4 Å². The van der Waals surface area contributed by atoms with Crippen LogP contribution in [0.1, 0.15) is 120 Å². The highest BCUT2D eigenvalue weighted by atomic mass is 32.1. The van der Waals surface area contributed by atoms with Gasteiger partial charge in [-0.2, -0.15) is 0 Å². The Kier molecular flexibility index (Phi) is 15.2. The fourth-order valence-corrected chi connectivity index (χ4v) is 4.39. The van der Waals surface area contributed by atoms with Crippen LogP contribution in [0.4, 0.5) is 0 Å². The molecular weight excluding hydrogens is 320 g/mol. The monoisotopic (exact) mass is 362 g/mol. The highest BCUT2D eigenvalue weighted by Crippen LogP contribution is 2.20. The van der Waals surface area contributed by atoms with Crippen LogP contribution >= 0.6 is 11.3 Å². The van der Waals surface area contributed by atoms with E-state index in [4.69, 9.17) is 0 Å². The van der Waals surface area contributed by atoms with Crippen molar-refractivity contribution in [3.63, 3.8) is 0 Å². The van der Waals surface area contributed by atoms with Crippen molar-refractivity contribution in [2.24, 2.45) is 0 Å². The molecule has 0 nitrogen and oxygen atoms in total. The van der Waals surface area contributed by atoms with E-state index in [1.54, 1.807) is 0 Å². The zero-order chi connectivity index (χ0) is 18.0. The zero-order valence-corrected chi connectivity index (χ0v) is 17.7. The first-order chi connectivity index (χ1) is 12.4. The molecule has 0 N–H and O–H groups in total. The second-order valence-corrected chi connectivity index (χ2v) is 8.52. The number of aryl methyl sites for hydroxylation is 1. The third-order valence-corrected chi connectivity index (χ3v) is 6.22. The number of hydrogen-bond acceptors (Lipinski definition) is 1. The molecule has 0 saturated carbocycles. The van der Waals surface area contributed by atoms with Gasteiger partial charge >= 0.3 is 0 Å². The van der Waals surface area contributed by atoms with Gasteiger partial charge in [-0.1, -0.05) is 116 Å². The van der Waals surface area contributed by atoms with Crippen molar-refractivity contribution in [1.29, 1.82) is 0 Å². The fraction of sp³-hybridized carbons (Fsp3) is 0.750. The van der Waals surface area contributed by atoms with Crippen LogP contribution < -0.4 is 0 Å². The van der Waals surface area contributed by atoms with Gasteiger partial charge in [0, 0.05) is 4.88 Å². The molecule has 0 aliphatic carbocycles. The summed E-state index contributed by atoms with van der Waals surface area (Å²) in [4.78, 5) is 1.38. The summed E-state index contributed by atoms with van der Waals surface area (Å²) in [7, 11) is 0. The van der Waals surface area contributed by atoms with Crippen molar-refractivity contribution in [2.45, 2.75) is 116 Å². The first-order valence-electron chi connectivity index (χ1n) is 11.1. The van der Waals surface area contributed by atoms with E-state index < -0.39 is 0 Å². The van der Waals surface area contributed by atoms with Crippen LogP contribution in [-0.4, -0.2) is 0 Å². The molecule has 0 fully saturated rings. The number of rotatable bonds is 18. The summed E-state index contributed by atoms with van der Waals surface area (Å²) in [5.74, 6) is 0. The lowest BCUT2D eigenvalue weighted by Crippen LogP contribution is -1.86. The molecular formula is C24H42S. The molecule has 1 heterocycles. The van der Waals surface area contributed by atoms with Gasteiger partial charge in [0.05, 0.1) is 0 Å². The molecule has 0 atom stereocenters. The largest absolute Gasteiger partial charge is 0.144 e. The molecule has 1 heteroatoms. The molecule has 0 saturated heterocycles. The Morgan fingerprint density at radius 2 is 1.16 bits per heavy atom. The fourth-order valence-electron chi connectivity index (χ4n) is 3.60. The van der Waals surface area contributed by atoms with Gasteiger partial charge in [-0.25, -0.2) is 0 Å². The lowest BCUT2D eigenvalue weighted by Gasteiger charge is -2.04. The van der Waals surface area contributed by atoms with Gasteiger partial charge in [-0.3, -0.25) is 0 Å². The van der Waals surface area contributed by atoms with E-state index in [9.17, 15) is 0 Å². The maximum atomic E-state index is 3.90. The Bertz CT molecular complexity index is 404. The van der Waals surface area contributed by atoms with E-state index in [-0.39, 0.29) is 0 Å². The Balaban J connectivity index is 1.75. The Morgan fingerprint density at radius 1 is 0.720 bits per heavy atom. The smallest absolute Gasteiger partial charge is 0.0296 e. The van der Waals surface area contributed by atoms with E-state index in [0.717, 1.165) is 0 Å². The molecule has 144 valence electrons. The minimum Gasteiger partial charge on any atom is -0.144 e. The molecule has 0 aromatic carbocycles. The van der Waals surface area contributed by atoms with Crippen LogP contribution in [-0.2, 0) is 6.42 Å². The predicted octanol–water partition coefficient (Wildman–Crippen LogP) is 9.20. The van der Waals surface area contributed by atoms with Gasteiger partial charge in [0.2, 0.25) is 0 Å². The van der Waals surface area contributed by atoms with Gasteiger partial charge in [0.1, 0.15) is 0 Å². The molecule has 1 aromatic rings. The first-order valence-corrected chi connectivity index (χ1v) is 11.9. The molecule has 1 rings (SSSR count). The van der Waals surface area contributed by atoms with E-state index in [1.807, 2.05) is 17.4 Å². The van der Waals surface area contributed by atoms with Gasteiger partial charge in [0.15, 0.2) is 0 Å².